The zero-order valence-corrected chi connectivity index (χ0v) is 6.33. The van der Waals surface area contributed by atoms with E-state index in [0.717, 1.165) is 0 Å². The molecule has 0 aromatic carbocycles. The molecule has 0 saturated carbocycles. The minimum absolute atomic E-state index is 2.92. The minimum Gasteiger partial charge on any atom is -0.262 e. The predicted molar refractivity (Wildman–Crippen MR) is 27.9 cm³/mol. The smallest absolute Gasteiger partial charge is 0.262 e. The molecule has 0 bridgehead atoms. The molecule has 0 heterocycles. The third-order valence-electron chi connectivity index (χ3n) is 0.315. The van der Waals surface area contributed by atoms with Gasteiger partial charge in [0.15, 0.2) is 0 Å². The summed E-state index contributed by atoms with van der Waals surface area (Å²) in [5, 5.41) is 0. The van der Waals surface area contributed by atoms with Gasteiger partial charge in [0.25, 0.3) is 0 Å². The Morgan fingerprint density at radius 1 is 1.09 bits per heavy atom. The third kappa shape index (κ3) is 6.11. The van der Waals surface area contributed by atoms with E-state index < -0.39 is 20.8 Å². The lowest BCUT2D eigenvalue weighted by Crippen LogP contribution is -2.16. The molecule has 0 atom stereocenters. The summed E-state index contributed by atoms with van der Waals surface area (Å²) < 4.78 is 56.0. The van der Waals surface area contributed by atoms with E-state index >= 15 is 0 Å². The average Bonchev–Trinajstić information content (AvgIpc) is 1.83. The maximum absolute atomic E-state index is 9.98. The molecule has 0 aliphatic carbocycles. The highest BCUT2D eigenvalue weighted by atomic mass is 32.3. The first-order valence-corrected chi connectivity index (χ1v) is 4.45. The lowest BCUT2D eigenvalue weighted by atomic mass is 13.6. The Hall–Kier alpha value is -0.300. The molecule has 3 N–H and O–H groups in total. The van der Waals surface area contributed by atoms with Gasteiger partial charge in [-0.3, -0.25) is 4.55 Å². The molecule has 9 nitrogen and oxygen atoms in total. The van der Waals surface area contributed by atoms with Crippen LogP contribution < -0.4 is 5.90 Å². The SMILES string of the molecule is NOS(=O)(=O)OOS(=O)(=O)O. The van der Waals surface area contributed by atoms with Crippen molar-refractivity contribution in [2.45, 2.75) is 0 Å². The van der Waals surface area contributed by atoms with Gasteiger partial charge in [0.2, 0.25) is 0 Å². The summed E-state index contributed by atoms with van der Waals surface area (Å²) in [7, 11) is -9.74. The topological polar surface area (TPSA) is 142 Å². The van der Waals surface area contributed by atoms with Crippen LogP contribution in [0.25, 0.3) is 0 Å². The van der Waals surface area contributed by atoms with Crippen molar-refractivity contribution >= 4 is 20.8 Å². The molecule has 68 valence electrons. The highest BCUT2D eigenvalue weighted by Gasteiger charge is 2.17. The highest BCUT2D eigenvalue weighted by molar-refractivity contribution is 7.83. The molecule has 0 radical (unpaired) electrons. The number of hydrogen-bond acceptors (Lipinski definition) is 8. The molecule has 0 aliphatic rings. The highest BCUT2D eigenvalue weighted by Crippen LogP contribution is 1.95. The van der Waals surface area contributed by atoms with Gasteiger partial charge in [-0.2, -0.15) is 27.0 Å². The molecule has 0 fully saturated rings. The van der Waals surface area contributed by atoms with Crippen molar-refractivity contribution in [2.75, 3.05) is 0 Å². The van der Waals surface area contributed by atoms with E-state index in [9.17, 15) is 16.8 Å². The van der Waals surface area contributed by atoms with Gasteiger partial charge in [0, 0.05) is 0 Å². The Balaban J connectivity index is 4.13. The second-order valence-electron chi connectivity index (χ2n) is 1.07. The Kier molecular flexibility index (Phi) is 3.30. The summed E-state index contributed by atoms with van der Waals surface area (Å²) in [6, 6.07) is 0. The maximum Gasteiger partial charge on any atom is 0.443 e. The summed E-state index contributed by atoms with van der Waals surface area (Å²) in [4.78, 5) is 0. The summed E-state index contributed by atoms with van der Waals surface area (Å²) in [6.07, 6.45) is 0. The van der Waals surface area contributed by atoms with Gasteiger partial charge in [-0.05, 0) is 0 Å². The minimum atomic E-state index is -5.00. The van der Waals surface area contributed by atoms with Gasteiger partial charge in [-0.15, -0.1) is 0 Å². The number of rotatable bonds is 4. The first-order valence-electron chi connectivity index (χ1n) is 1.75. The van der Waals surface area contributed by atoms with E-state index in [1.54, 1.807) is 0 Å². The molecule has 11 heavy (non-hydrogen) atoms. The fourth-order valence-corrected chi connectivity index (χ4v) is 0.670. The third-order valence-corrected chi connectivity index (χ3v) is 1.11. The van der Waals surface area contributed by atoms with Crippen LogP contribution in [-0.4, -0.2) is 21.4 Å². The fourth-order valence-electron chi connectivity index (χ4n) is 0.0852. The second kappa shape index (κ2) is 3.40. The van der Waals surface area contributed by atoms with Crippen LogP contribution in [-0.2, 0) is 33.7 Å². The first-order chi connectivity index (χ1) is 4.77. The van der Waals surface area contributed by atoms with Crippen molar-refractivity contribution < 1.29 is 34.3 Å². The summed E-state index contributed by atoms with van der Waals surface area (Å²) in [5.41, 5.74) is 0. The Bertz CT molecular complexity index is 293. The molecule has 11 heteroatoms. The molecule has 0 aromatic rings. The largest absolute Gasteiger partial charge is 0.443 e. The molecular weight excluding hydrogens is 206 g/mol. The zero-order valence-electron chi connectivity index (χ0n) is 4.70. The monoisotopic (exact) mass is 209 g/mol. The first kappa shape index (κ1) is 10.7. The zero-order chi connectivity index (χ0) is 9.12. The van der Waals surface area contributed by atoms with Crippen LogP contribution in [0.15, 0.2) is 0 Å². The standard InChI is InChI=1S/H3NO8S2/c1-7-11(5,6)9-8-10(2,3)4/h1H2,(H,2,3,4). The van der Waals surface area contributed by atoms with Gasteiger partial charge < -0.3 is 0 Å². The van der Waals surface area contributed by atoms with E-state index in [4.69, 9.17) is 4.55 Å². The normalized spacial score (nSPS) is 13.3. The van der Waals surface area contributed by atoms with Crippen LogP contribution in [0.4, 0.5) is 0 Å². The van der Waals surface area contributed by atoms with E-state index in [2.05, 4.69) is 18.8 Å². The average molecular weight is 209 g/mol. The number of hydrogen-bond donors (Lipinski definition) is 2. The molecular formula is H3NO8S2. The van der Waals surface area contributed by atoms with Gasteiger partial charge in [0.05, 0.1) is 0 Å². The van der Waals surface area contributed by atoms with Crippen LogP contribution in [0.5, 0.6) is 0 Å². The molecule has 0 amide bonds. The van der Waals surface area contributed by atoms with Crippen molar-refractivity contribution in [3.8, 4) is 0 Å². The van der Waals surface area contributed by atoms with Gasteiger partial charge >= 0.3 is 20.8 Å². The van der Waals surface area contributed by atoms with Crippen molar-refractivity contribution in [3.63, 3.8) is 0 Å². The second-order valence-corrected chi connectivity index (χ2v) is 3.20. The van der Waals surface area contributed by atoms with Crippen LogP contribution >= 0.6 is 0 Å². The van der Waals surface area contributed by atoms with Crippen molar-refractivity contribution in [3.05, 3.63) is 0 Å². The maximum atomic E-state index is 9.98. The van der Waals surface area contributed by atoms with Crippen LogP contribution in [0.2, 0.25) is 0 Å². The molecule has 0 rings (SSSR count). The Labute approximate surface area is 61.8 Å². The van der Waals surface area contributed by atoms with E-state index in [1.807, 2.05) is 0 Å². The summed E-state index contributed by atoms with van der Waals surface area (Å²) >= 11 is 0. The van der Waals surface area contributed by atoms with Gasteiger partial charge in [-0.25, -0.2) is 0 Å². The molecule has 0 aliphatic heterocycles. The van der Waals surface area contributed by atoms with Crippen LogP contribution in [0.3, 0.4) is 0 Å². The van der Waals surface area contributed by atoms with Crippen molar-refractivity contribution in [1.29, 1.82) is 0 Å². The van der Waals surface area contributed by atoms with Crippen LogP contribution in [0, 0.1) is 0 Å². The quantitative estimate of drug-likeness (QED) is 0.301. The summed E-state index contributed by atoms with van der Waals surface area (Å²) in [5.74, 6) is 4.07. The predicted octanol–water partition coefficient (Wildman–Crippen LogP) is -2.13. The Morgan fingerprint density at radius 2 is 1.55 bits per heavy atom. The van der Waals surface area contributed by atoms with E-state index in [-0.39, 0.29) is 0 Å². The molecule has 0 unspecified atom stereocenters. The molecule has 0 spiro atoms. The van der Waals surface area contributed by atoms with Crippen molar-refractivity contribution in [2.24, 2.45) is 5.90 Å². The lowest BCUT2D eigenvalue weighted by molar-refractivity contribution is -0.108. The molecule has 0 saturated heterocycles. The van der Waals surface area contributed by atoms with E-state index in [0.29, 0.717) is 0 Å². The van der Waals surface area contributed by atoms with Crippen molar-refractivity contribution in [1.82, 2.24) is 0 Å². The fraction of sp³-hybridized carbons (Fsp3) is 0. The van der Waals surface area contributed by atoms with Gasteiger partial charge in [0.1, 0.15) is 0 Å². The van der Waals surface area contributed by atoms with Gasteiger partial charge in [-0.1, -0.05) is 8.67 Å². The Morgan fingerprint density at radius 3 is 1.82 bits per heavy atom. The van der Waals surface area contributed by atoms with E-state index in [1.165, 1.54) is 0 Å². The molecule has 0 aromatic heterocycles. The lowest BCUT2D eigenvalue weighted by Gasteiger charge is -1.96. The van der Waals surface area contributed by atoms with Crippen LogP contribution in [0.1, 0.15) is 0 Å². The summed E-state index contributed by atoms with van der Waals surface area (Å²) in [6.45, 7) is 0. The number of nitrogens with two attached hydrogens (primary N) is 1.